The van der Waals surface area contributed by atoms with E-state index in [1.165, 1.54) is 13.4 Å². The van der Waals surface area contributed by atoms with Crippen LogP contribution in [0.1, 0.15) is 41.0 Å². The molecule has 0 radical (unpaired) electrons. The Morgan fingerprint density at radius 3 is 2.61 bits per heavy atom. The molecule has 1 saturated carbocycles. The third-order valence-corrected chi connectivity index (χ3v) is 7.20. The number of ether oxygens (including phenoxy) is 2. The molecule has 5 rings (SSSR count). The molecule has 0 aliphatic heterocycles. The number of alkyl halides is 1. The maximum absolute atomic E-state index is 14.5. The number of terminal acetylenes is 1. The zero-order chi connectivity index (χ0) is 27.0. The average Bonchev–Trinajstić information content (AvgIpc) is 3.22. The lowest BCUT2D eigenvalue weighted by Crippen LogP contribution is -2.44. The molecular weight excluding hydrogens is 485 g/mol. The van der Waals surface area contributed by atoms with Gasteiger partial charge in [0.05, 0.1) is 43.3 Å². The Bertz CT molecular complexity index is 1600. The number of carbonyl (C=O) groups is 1. The minimum atomic E-state index is -1.32. The Morgan fingerprint density at radius 2 is 1.95 bits per heavy atom. The fourth-order valence-electron chi connectivity index (χ4n) is 4.96. The van der Waals surface area contributed by atoms with Gasteiger partial charge in [-0.2, -0.15) is 0 Å². The summed E-state index contributed by atoms with van der Waals surface area (Å²) >= 11 is 0. The van der Waals surface area contributed by atoms with Crippen LogP contribution in [0.3, 0.4) is 0 Å². The van der Waals surface area contributed by atoms with Gasteiger partial charge in [0, 0.05) is 30.3 Å². The number of pyridine rings is 1. The normalized spacial score (nSPS) is 14.0. The molecule has 3 aromatic heterocycles. The third-order valence-electron chi connectivity index (χ3n) is 7.20. The molecule has 8 nitrogen and oxygen atoms in total. The highest BCUT2D eigenvalue weighted by Crippen LogP contribution is 2.44. The summed E-state index contributed by atoms with van der Waals surface area (Å²) in [6.07, 6.45) is 10.5. The van der Waals surface area contributed by atoms with Crippen LogP contribution in [0.2, 0.25) is 0 Å². The molecule has 0 bridgehead atoms. The van der Waals surface area contributed by atoms with Crippen LogP contribution in [0, 0.1) is 19.3 Å². The highest BCUT2D eigenvalue weighted by atomic mass is 19.1. The SMILES string of the molecule is C#Cc1cc(OC)c(-c2c(-c3ccc(C(=O)NCC4(F)CCC4)c(OC)c3)c3c(C)ncnc3n2C)cn1. The molecule has 1 fully saturated rings. The number of rotatable bonds is 7. The van der Waals surface area contributed by atoms with Crippen LogP contribution >= 0.6 is 0 Å². The number of aryl methyl sites for hydroxylation is 2. The fourth-order valence-corrected chi connectivity index (χ4v) is 4.96. The van der Waals surface area contributed by atoms with Crippen LogP contribution in [0.4, 0.5) is 4.39 Å². The first-order valence-electron chi connectivity index (χ1n) is 12.3. The number of fused-ring (bicyclic) bond motifs is 1. The molecule has 0 spiro atoms. The van der Waals surface area contributed by atoms with E-state index >= 15 is 0 Å². The van der Waals surface area contributed by atoms with E-state index in [2.05, 4.69) is 26.2 Å². The summed E-state index contributed by atoms with van der Waals surface area (Å²) in [5, 5.41) is 3.57. The number of amides is 1. The van der Waals surface area contributed by atoms with Gasteiger partial charge in [-0.3, -0.25) is 4.79 Å². The van der Waals surface area contributed by atoms with E-state index in [-0.39, 0.29) is 12.5 Å². The van der Waals surface area contributed by atoms with Gasteiger partial charge in [0.25, 0.3) is 5.91 Å². The molecule has 0 saturated heterocycles. The van der Waals surface area contributed by atoms with E-state index in [9.17, 15) is 9.18 Å². The maximum atomic E-state index is 14.5. The van der Waals surface area contributed by atoms with Crippen molar-refractivity contribution in [1.82, 2.24) is 24.8 Å². The van der Waals surface area contributed by atoms with Crippen LogP contribution in [-0.4, -0.2) is 51.9 Å². The van der Waals surface area contributed by atoms with Crippen molar-refractivity contribution < 1.29 is 18.7 Å². The molecule has 4 aromatic rings. The quantitative estimate of drug-likeness (QED) is 0.363. The van der Waals surface area contributed by atoms with Gasteiger partial charge in [0.1, 0.15) is 34.8 Å². The van der Waals surface area contributed by atoms with E-state index in [1.54, 1.807) is 31.5 Å². The minimum Gasteiger partial charge on any atom is -0.496 e. The summed E-state index contributed by atoms with van der Waals surface area (Å²) in [6.45, 7) is 1.90. The Kier molecular flexibility index (Phi) is 6.49. The van der Waals surface area contributed by atoms with Crippen molar-refractivity contribution in [3.05, 3.63) is 53.7 Å². The van der Waals surface area contributed by atoms with Crippen LogP contribution < -0.4 is 14.8 Å². The number of nitrogens with zero attached hydrogens (tertiary/aromatic N) is 4. The molecular formula is C29H28FN5O3. The Morgan fingerprint density at radius 1 is 1.18 bits per heavy atom. The number of nitrogens with one attached hydrogen (secondary N) is 1. The predicted octanol–water partition coefficient (Wildman–Crippen LogP) is 4.63. The third kappa shape index (κ3) is 4.22. The molecule has 0 unspecified atom stereocenters. The summed E-state index contributed by atoms with van der Waals surface area (Å²) in [5.41, 5.74) is 4.09. The minimum absolute atomic E-state index is 0.0127. The van der Waals surface area contributed by atoms with Crippen molar-refractivity contribution in [2.24, 2.45) is 7.05 Å². The molecule has 3 heterocycles. The second kappa shape index (κ2) is 9.78. The first-order chi connectivity index (χ1) is 18.3. The van der Waals surface area contributed by atoms with Crippen molar-refractivity contribution in [2.75, 3.05) is 20.8 Å². The highest BCUT2D eigenvalue weighted by Gasteiger charge is 2.37. The molecule has 9 heteroatoms. The second-order valence-corrected chi connectivity index (χ2v) is 9.46. The molecule has 1 aliphatic rings. The van der Waals surface area contributed by atoms with Gasteiger partial charge in [0.2, 0.25) is 0 Å². The predicted molar refractivity (Wildman–Crippen MR) is 143 cm³/mol. The lowest BCUT2D eigenvalue weighted by atomic mass is 9.82. The van der Waals surface area contributed by atoms with Crippen LogP contribution in [0.5, 0.6) is 11.5 Å². The van der Waals surface area contributed by atoms with Gasteiger partial charge >= 0.3 is 0 Å². The highest BCUT2D eigenvalue weighted by molar-refractivity contribution is 6.06. The maximum Gasteiger partial charge on any atom is 0.255 e. The molecule has 1 amide bonds. The van der Waals surface area contributed by atoms with E-state index in [0.29, 0.717) is 35.6 Å². The van der Waals surface area contributed by atoms with Crippen molar-refractivity contribution in [1.29, 1.82) is 0 Å². The molecule has 1 aromatic carbocycles. The number of aromatic nitrogens is 4. The second-order valence-electron chi connectivity index (χ2n) is 9.46. The monoisotopic (exact) mass is 513 g/mol. The van der Waals surface area contributed by atoms with Crippen LogP contribution in [0.15, 0.2) is 36.8 Å². The van der Waals surface area contributed by atoms with Crippen LogP contribution in [0.25, 0.3) is 33.4 Å². The van der Waals surface area contributed by atoms with E-state index < -0.39 is 5.67 Å². The lowest BCUT2D eigenvalue weighted by molar-refractivity contribution is 0.0576. The molecule has 38 heavy (non-hydrogen) atoms. The molecule has 1 aliphatic carbocycles. The van der Waals surface area contributed by atoms with Gasteiger partial charge in [-0.1, -0.05) is 12.0 Å². The number of methoxy groups -OCH3 is 2. The lowest BCUT2D eigenvalue weighted by Gasteiger charge is -2.33. The largest absolute Gasteiger partial charge is 0.496 e. The van der Waals surface area contributed by atoms with E-state index in [1.807, 2.05) is 24.6 Å². The zero-order valence-electron chi connectivity index (χ0n) is 21.8. The summed E-state index contributed by atoms with van der Waals surface area (Å²) in [7, 11) is 4.99. The number of hydrogen-bond donors (Lipinski definition) is 1. The number of benzene rings is 1. The molecule has 1 N–H and O–H groups in total. The van der Waals surface area contributed by atoms with Crippen LogP contribution in [-0.2, 0) is 7.05 Å². The molecule has 0 atom stereocenters. The first kappa shape index (κ1) is 25.2. The van der Waals surface area contributed by atoms with E-state index in [4.69, 9.17) is 15.9 Å². The first-order valence-corrected chi connectivity index (χ1v) is 12.3. The standard InChI is InChI=1S/C29H28FN5O3/c1-6-19-13-23(38-5)21(14-31-19)26-25(24-17(2)33-16-34-27(24)35(26)3)18-8-9-20(22(12-18)37-4)28(36)32-15-29(30)10-7-11-29/h1,8-9,12-14,16H,7,10-11,15H2,2-5H3,(H,32,36). The van der Waals surface area contributed by atoms with Crippen molar-refractivity contribution in [3.8, 4) is 46.2 Å². The number of carbonyl (C=O) groups excluding carboxylic acids is 1. The van der Waals surface area contributed by atoms with Gasteiger partial charge in [-0.15, -0.1) is 6.42 Å². The van der Waals surface area contributed by atoms with Crippen molar-refractivity contribution in [2.45, 2.75) is 31.9 Å². The summed E-state index contributed by atoms with van der Waals surface area (Å²) in [5.74, 6) is 3.08. The van der Waals surface area contributed by atoms with Gasteiger partial charge in [-0.25, -0.2) is 19.3 Å². The fraction of sp³-hybridized carbons (Fsp3) is 0.310. The van der Waals surface area contributed by atoms with Gasteiger partial charge in [0.15, 0.2) is 0 Å². The molecule has 194 valence electrons. The smallest absolute Gasteiger partial charge is 0.255 e. The van der Waals surface area contributed by atoms with Crippen molar-refractivity contribution >= 4 is 16.9 Å². The summed E-state index contributed by atoms with van der Waals surface area (Å²) < 4.78 is 27.7. The number of hydrogen-bond acceptors (Lipinski definition) is 6. The van der Waals surface area contributed by atoms with E-state index in [0.717, 1.165) is 45.5 Å². The Balaban J connectivity index is 1.67. The Hall–Kier alpha value is -4.45. The summed E-state index contributed by atoms with van der Waals surface area (Å²) in [6, 6.07) is 7.03. The average molecular weight is 514 g/mol. The summed E-state index contributed by atoms with van der Waals surface area (Å²) in [4.78, 5) is 26.3. The Labute approximate surface area is 220 Å². The zero-order valence-corrected chi connectivity index (χ0v) is 21.8. The van der Waals surface area contributed by atoms with Gasteiger partial charge < -0.3 is 19.4 Å². The van der Waals surface area contributed by atoms with Crippen molar-refractivity contribution in [3.63, 3.8) is 0 Å². The topological polar surface area (TPSA) is 91.2 Å². The van der Waals surface area contributed by atoms with Gasteiger partial charge in [-0.05, 0) is 43.9 Å². The number of halogens is 1.